The molecule has 0 saturated carbocycles. The summed E-state index contributed by atoms with van der Waals surface area (Å²) >= 11 is 0. The van der Waals surface area contributed by atoms with Crippen molar-refractivity contribution < 1.29 is 23.5 Å². The first-order valence-electron chi connectivity index (χ1n) is 6.42. The third kappa shape index (κ3) is 7.60. The molecule has 6 heteroatoms. The van der Waals surface area contributed by atoms with E-state index in [0.29, 0.717) is 25.7 Å². The van der Waals surface area contributed by atoms with E-state index in [1.54, 1.807) is 0 Å². The molecule has 0 aromatic heterocycles. The Labute approximate surface area is 125 Å². The van der Waals surface area contributed by atoms with Gasteiger partial charge >= 0.3 is 13.6 Å². The number of hydrogen-bond donors (Lipinski definition) is 1. The third-order valence-corrected chi connectivity index (χ3v) is 4.37. The molecule has 0 spiro atoms. The van der Waals surface area contributed by atoms with Crippen LogP contribution in [0.2, 0.25) is 0 Å². The quantitative estimate of drug-likeness (QED) is 0.381. The topological polar surface area (TPSA) is 72.8 Å². The molecule has 0 rings (SSSR count). The number of rotatable bonds is 10. The maximum Gasteiger partial charge on any atom is 0.356 e. The predicted molar refractivity (Wildman–Crippen MR) is 80.5 cm³/mol. The molecule has 0 saturated heterocycles. The average molecular weight is 310 g/mol. The van der Waals surface area contributed by atoms with Crippen LogP contribution in [0.5, 0.6) is 0 Å². The first-order chi connectivity index (χ1) is 10.0. The number of carboxylic acids is 1. The van der Waals surface area contributed by atoms with E-state index in [0.717, 1.165) is 0 Å². The van der Waals surface area contributed by atoms with Gasteiger partial charge in [-0.3, -0.25) is 9.36 Å². The second-order valence-electron chi connectivity index (χ2n) is 3.96. The minimum Gasteiger partial charge on any atom is -0.480 e. The minimum absolute atomic E-state index is 0.0474. The van der Waals surface area contributed by atoms with E-state index < -0.39 is 19.2 Å². The van der Waals surface area contributed by atoms with Crippen LogP contribution in [0.25, 0.3) is 0 Å². The molecule has 0 aliphatic carbocycles. The molecule has 0 aliphatic rings. The highest BCUT2D eigenvalue weighted by Crippen LogP contribution is 2.53. The first-order valence-corrected chi connectivity index (χ1v) is 8.03. The zero-order valence-corrected chi connectivity index (χ0v) is 12.9. The molecule has 114 valence electrons. The van der Waals surface area contributed by atoms with Crippen LogP contribution in [0.4, 0.5) is 0 Å². The van der Waals surface area contributed by atoms with E-state index in [2.05, 4.69) is 23.7 Å². The monoisotopic (exact) mass is 310 g/mol. The molecule has 0 fully saturated rings. The molecule has 0 aromatic rings. The number of hydrogen-bond acceptors (Lipinski definition) is 4. The fourth-order valence-corrected chi connectivity index (χ4v) is 3.03. The smallest absolute Gasteiger partial charge is 0.356 e. The second-order valence-corrected chi connectivity index (χ2v) is 6.07. The lowest BCUT2D eigenvalue weighted by Gasteiger charge is -2.21. The van der Waals surface area contributed by atoms with Gasteiger partial charge in [-0.15, -0.1) is 30.6 Å². The summed E-state index contributed by atoms with van der Waals surface area (Å²) in [5, 5.41) is 9.15. The molecule has 21 heavy (non-hydrogen) atoms. The molecule has 0 radical (unpaired) electrons. The molecule has 5 nitrogen and oxygen atoms in total. The van der Waals surface area contributed by atoms with Crippen LogP contribution in [-0.4, -0.2) is 29.9 Å². The minimum atomic E-state index is -3.89. The van der Waals surface area contributed by atoms with E-state index >= 15 is 0 Å². The summed E-state index contributed by atoms with van der Waals surface area (Å²) in [6.45, 7) is 1.55. The number of carboxylic acid groups (broad SMARTS) is 1. The standard InChI is InChI=1S/C15H19O5P/c1-4-7-9-12-19-21(18,20-13-10-8-5-2)14(11-6-3)15(16)17/h1-2,14H,7-10,12-13H2,3H3,(H,16,17). The summed E-state index contributed by atoms with van der Waals surface area (Å²) in [4.78, 5) is 11.2. The van der Waals surface area contributed by atoms with Gasteiger partial charge in [0.05, 0.1) is 13.2 Å². The van der Waals surface area contributed by atoms with Gasteiger partial charge in [-0.05, 0) is 19.8 Å². The van der Waals surface area contributed by atoms with Gasteiger partial charge in [-0.1, -0.05) is 5.92 Å². The van der Waals surface area contributed by atoms with E-state index in [1.165, 1.54) is 6.92 Å². The van der Waals surface area contributed by atoms with Gasteiger partial charge in [0.25, 0.3) is 0 Å². The molecule has 0 heterocycles. The summed E-state index contributed by atoms with van der Waals surface area (Å²) in [6, 6.07) is 0. The maximum absolute atomic E-state index is 12.6. The highest BCUT2D eigenvalue weighted by Gasteiger charge is 2.40. The Kier molecular flexibility index (Phi) is 10.1. The van der Waals surface area contributed by atoms with Crippen molar-refractivity contribution in [3.63, 3.8) is 0 Å². The SMILES string of the molecule is C#CCCCOP(=O)(OCCCC#C)C(C#CC)C(=O)O. The van der Waals surface area contributed by atoms with Crippen LogP contribution >= 0.6 is 7.60 Å². The van der Waals surface area contributed by atoms with Gasteiger partial charge in [0.2, 0.25) is 5.66 Å². The van der Waals surface area contributed by atoms with Crippen molar-refractivity contribution in [2.45, 2.75) is 38.3 Å². The third-order valence-electron chi connectivity index (χ3n) is 2.30. The highest BCUT2D eigenvalue weighted by atomic mass is 31.2. The van der Waals surface area contributed by atoms with Crippen molar-refractivity contribution in [3.05, 3.63) is 0 Å². The Hall–Kier alpha value is -1.70. The molecule has 1 unspecified atom stereocenters. The zero-order chi connectivity index (χ0) is 16.1. The Morgan fingerprint density at radius 3 is 2.00 bits per heavy atom. The first kappa shape index (κ1) is 19.3. The zero-order valence-electron chi connectivity index (χ0n) is 12.0. The molecule has 0 amide bonds. The van der Waals surface area contributed by atoms with E-state index in [9.17, 15) is 9.36 Å². The summed E-state index contributed by atoms with van der Waals surface area (Å²) in [6.07, 6.45) is 12.0. The molecular weight excluding hydrogens is 291 g/mol. The Bertz CT molecular complexity index is 489. The second kappa shape index (κ2) is 11.0. The summed E-state index contributed by atoms with van der Waals surface area (Å²) in [7, 11) is -3.89. The molecule has 1 atom stereocenters. The lowest BCUT2D eigenvalue weighted by molar-refractivity contribution is -0.135. The van der Waals surface area contributed by atoms with Gasteiger partial charge in [-0.25, -0.2) is 0 Å². The Morgan fingerprint density at radius 2 is 1.67 bits per heavy atom. The van der Waals surface area contributed by atoms with Gasteiger partial charge in [-0.2, -0.15) is 0 Å². The van der Waals surface area contributed by atoms with Crippen molar-refractivity contribution in [1.82, 2.24) is 0 Å². The van der Waals surface area contributed by atoms with Gasteiger partial charge < -0.3 is 14.2 Å². The fourth-order valence-electron chi connectivity index (χ4n) is 1.33. The van der Waals surface area contributed by atoms with Crippen LogP contribution in [0.1, 0.15) is 32.6 Å². The molecular formula is C15H19O5P. The van der Waals surface area contributed by atoms with Gasteiger partial charge in [0.15, 0.2) is 0 Å². The molecule has 0 aliphatic heterocycles. The Balaban J connectivity index is 4.90. The summed E-state index contributed by atoms with van der Waals surface area (Å²) in [5.41, 5.74) is -1.51. The van der Waals surface area contributed by atoms with Crippen LogP contribution in [0.3, 0.4) is 0 Å². The number of unbranched alkanes of at least 4 members (excludes halogenated alkanes) is 2. The Morgan fingerprint density at radius 1 is 1.19 bits per heavy atom. The normalized spacial score (nSPS) is 11.6. The van der Waals surface area contributed by atoms with E-state index in [4.69, 9.17) is 27.0 Å². The number of terminal acetylenes is 2. The summed E-state index contributed by atoms with van der Waals surface area (Å²) < 4.78 is 23.0. The van der Waals surface area contributed by atoms with Gasteiger partial charge in [0.1, 0.15) is 0 Å². The van der Waals surface area contributed by atoms with Crippen molar-refractivity contribution in [3.8, 4) is 36.5 Å². The molecule has 1 N–H and O–H groups in total. The molecule has 0 bridgehead atoms. The van der Waals surface area contributed by atoms with Crippen LogP contribution in [0, 0.1) is 36.5 Å². The van der Waals surface area contributed by atoms with Crippen molar-refractivity contribution >= 4 is 13.6 Å². The number of carbonyl (C=O) groups is 1. The lowest BCUT2D eigenvalue weighted by atomic mass is 10.3. The van der Waals surface area contributed by atoms with Crippen molar-refractivity contribution in [2.24, 2.45) is 0 Å². The molecule has 0 aromatic carbocycles. The lowest BCUT2D eigenvalue weighted by Crippen LogP contribution is -2.22. The van der Waals surface area contributed by atoms with Crippen LogP contribution in [-0.2, 0) is 18.4 Å². The highest BCUT2D eigenvalue weighted by molar-refractivity contribution is 7.56. The van der Waals surface area contributed by atoms with E-state index in [-0.39, 0.29) is 13.2 Å². The number of aliphatic carboxylic acids is 1. The van der Waals surface area contributed by atoms with E-state index in [1.807, 2.05) is 0 Å². The van der Waals surface area contributed by atoms with Crippen LogP contribution < -0.4 is 0 Å². The van der Waals surface area contributed by atoms with Crippen molar-refractivity contribution in [2.75, 3.05) is 13.2 Å². The predicted octanol–water partition coefficient (Wildman–Crippen LogP) is 2.52. The van der Waals surface area contributed by atoms with Crippen molar-refractivity contribution in [1.29, 1.82) is 0 Å². The largest absolute Gasteiger partial charge is 0.480 e. The summed E-state index contributed by atoms with van der Waals surface area (Å²) in [5.74, 6) is 8.27. The van der Waals surface area contributed by atoms with Gasteiger partial charge in [0, 0.05) is 12.8 Å². The average Bonchev–Trinajstić information content (AvgIpc) is 2.45. The fraction of sp³-hybridized carbons (Fsp3) is 0.533. The van der Waals surface area contributed by atoms with Crippen LogP contribution in [0.15, 0.2) is 0 Å². The maximum atomic E-state index is 12.6.